The first-order chi connectivity index (χ1) is 10.0. The maximum atomic E-state index is 12.2. The lowest BCUT2D eigenvalue weighted by molar-refractivity contribution is 0.0123. The van der Waals surface area contributed by atoms with Crippen LogP contribution in [0, 0.1) is 0 Å². The molecule has 0 radical (unpaired) electrons. The first-order valence-electron chi connectivity index (χ1n) is 7.07. The molecule has 1 unspecified atom stereocenters. The smallest absolute Gasteiger partial charge is 0.244 e. The number of ether oxygens (including phenoxy) is 1. The van der Waals surface area contributed by atoms with Gasteiger partial charge in [-0.05, 0) is 48.7 Å². The Morgan fingerprint density at radius 3 is 2.90 bits per heavy atom. The molecular formula is C13H21BrN2O4S. The van der Waals surface area contributed by atoms with Crippen molar-refractivity contribution in [1.29, 1.82) is 0 Å². The zero-order valence-electron chi connectivity index (χ0n) is 12.0. The van der Waals surface area contributed by atoms with Crippen LogP contribution in [0.5, 0.6) is 0 Å². The van der Waals surface area contributed by atoms with Crippen LogP contribution in [-0.4, -0.2) is 34.7 Å². The van der Waals surface area contributed by atoms with Crippen molar-refractivity contribution in [3.05, 3.63) is 16.5 Å². The predicted molar refractivity (Wildman–Crippen MR) is 82.6 cm³/mol. The van der Waals surface area contributed by atoms with Gasteiger partial charge in [-0.2, -0.15) is 0 Å². The molecule has 2 heterocycles. The normalized spacial score (nSPS) is 19.8. The van der Waals surface area contributed by atoms with Gasteiger partial charge < -0.3 is 14.5 Å². The molecule has 0 aromatic carbocycles. The van der Waals surface area contributed by atoms with Crippen molar-refractivity contribution in [1.82, 2.24) is 10.0 Å². The molecule has 1 fully saturated rings. The summed E-state index contributed by atoms with van der Waals surface area (Å²) in [5.74, 6) is 0.570. The third-order valence-electron chi connectivity index (χ3n) is 3.38. The first-order valence-corrected chi connectivity index (χ1v) is 9.34. The minimum absolute atomic E-state index is 0.136. The van der Waals surface area contributed by atoms with Crippen LogP contribution < -0.4 is 10.0 Å². The number of furan rings is 1. The van der Waals surface area contributed by atoms with Gasteiger partial charge in [0.1, 0.15) is 10.7 Å². The Hall–Kier alpha value is -0.410. The Kier molecular flexibility index (Phi) is 6.24. The van der Waals surface area contributed by atoms with Gasteiger partial charge in [0.15, 0.2) is 4.67 Å². The first kappa shape index (κ1) is 17.0. The van der Waals surface area contributed by atoms with Crippen LogP contribution in [-0.2, 0) is 21.3 Å². The second-order valence-electron chi connectivity index (χ2n) is 5.06. The zero-order valence-corrected chi connectivity index (χ0v) is 14.4. The monoisotopic (exact) mass is 380 g/mol. The highest BCUT2D eigenvalue weighted by Crippen LogP contribution is 2.26. The highest BCUT2D eigenvalue weighted by molar-refractivity contribution is 9.10. The van der Waals surface area contributed by atoms with Crippen molar-refractivity contribution in [3.63, 3.8) is 0 Å². The van der Waals surface area contributed by atoms with Gasteiger partial charge in [0.2, 0.25) is 10.0 Å². The fraction of sp³-hybridized carbons (Fsp3) is 0.692. The second-order valence-corrected chi connectivity index (χ2v) is 7.51. The van der Waals surface area contributed by atoms with E-state index in [2.05, 4.69) is 26.0 Å². The lowest BCUT2D eigenvalue weighted by atomic mass is 10.1. The van der Waals surface area contributed by atoms with Crippen LogP contribution in [0.1, 0.15) is 31.4 Å². The molecular weight excluding hydrogens is 360 g/mol. The average molecular weight is 381 g/mol. The molecule has 6 nitrogen and oxygen atoms in total. The van der Waals surface area contributed by atoms with Crippen molar-refractivity contribution >= 4 is 26.0 Å². The topological polar surface area (TPSA) is 80.6 Å². The Labute approximate surface area is 133 Å². The summed E-state index contributed by atoms with van der Waals surface area (Å²) in [5.41, 5.74) is 0. The molecule has 2 N–H and O–H groups in total. The Morgan fingerprint density at radius 1 is 1.43 bits per heavy atom. The largest absolute Gasteiger partial charge is 0.452 e. The molecule has 8 heteroatoms. The van der Waals surface area contributed by atoms with E-state index in [-0.39, 0.29) is 15.7 Å². The van der Waals surface area contributed by atoms with Crippen LogP contribution in [0.2, 0.25) is 0 Å². The molecule has 1 aliphatic heterocycles. The molecule has 0 saturated carbocycles. The van der Waals surface area contributed by atoms with Crippen molar-refractivity contribution in [3.8, 4) is 0 Å². The van der Waals surface area contributed by atoms with E-state index in [1.807, 2.05) is 0 Å². The van der Waals surface area contributed by atoms with E-state index in [1.54, 1.807) is 7.05 Å². The SMILES string of the molecule is CNCc1cc(S(=O)(=O)NCCC2CCCCO2)c(Br)o1. The van der Waals surface area contributed by atoms with Gasteiger partial charge >= 0.3 is 0 Å². The van der Waals surface area contributed by atoms with E-state index >= 15 is 0 Å². The molecule has 21 heavy (non-hydrogen) atoms. The number of hydrogen-bond donors (Lipinski definition) is 2. The summed E-state index contributed by atoms with van der Waals surface area (Å²) < 4.78 is 38.3. The van der Waals surface area contributed by atoms with E-state index in [1.165, 1.54) is 6.07 Å². The third kappa shape index (κ3) is 4.79. The van der Waals surface area contributed by atoms with E-state index in [0.717, 1.165) is 25.9 Å². The van der Waals surface area contributed by atoms with Crippen LogP contribution in [0.4, 0.5) is 0 Å². The Morgan fingerprint density at radius 2 is 2.24 bits per heavy atom. The maximum Gasteiger partial charge on any atom is 0.244 e. The molecule has 0 aliphatic carbocycles. The Balaban J connectivity index is 1.91. The fourth-order valence-electron chi connectivity index (χ4n) is 2.31. The van der Waals surface area contributed by atoms with Crippen molar-refractivity contribution < 1.29 is 17.6 Å². The molecule has 2 rings (SSSR count). The minimum atomic E-state index is -3.56. The van der Waals surface area contributed by atoms with Crippen molar-refractivity contribution in [2.75, 3.05) is 20.2 Å². The number of sulfonamides is 1. The van der Waals surface area contributed by atoms with Gasteiger partial charge in [0.25, 0.3) is 0 Å². The molecule has 1 saturated heterocycles. The summed E-state index contributed by atoms with van der Waals surface area (Å²) in [6, 6.07) is 1.53. The zero-order chi connectivity index (χ0) is 15.3. The van der Waals surface area contributed by atoms with E-state index < -0.39 is 10.0 Å². The summed E-state index contributed by atoms with van der Waals surface area (Å²) in [7, 11) is -1.79. The number of halogens is 1. The van der Waals surface area contributed by atoms with Gasteiger partial charge in [-0.3, -0.25) is 0 Å². The van der Waals surface area contributed by atoms with Gasteiger partial charge in [0.05, 0.1) is 12.6 Å². The molecule has 120 valence electrons. The van der Waals surface area contributed by atoms with Crippen LogP contribution in [0.25, 0.3) is 0 Å². The number of rotatable bonds is 7. The quantitative estimate of drug-likeness (QED) is 0.755. The minimum Gasteiger partial charge on any atom is -0.452 e. The summed E-state index contributed by atoms with van der Waals surface area (Å²) in [6.45, 7) is 1.62. The van der Waals surface area contributed by atoms with Crippen LogP contribution >= 0.6 is 15.9 Å². The number of nitrogens with one attached hydrogen (secondary N) is 2. The molecule has 0 amide bonds. The van der Waals surface area contributed by atoms with Crippen LogP contribution in [0.15, 0.2) is 20.0 Å². The van der Waals surface area contributed by atoms with Crippen molar-refractivity contribution in [2.24, 2.45) is 0 Å². The Bertz CT molecular complexity index is 553. The molecule has 1 aromatic rings. The second kappa shape index (κ2) is 7.73. The maximum absolute atomic E-state index is 12.2. The van der Waals surface area contributed by atoms with Crippen LogP contribution in [0.3, 0.4) is 0 Å². The third-order valence-corrected chi connectivity index (χ3v) is 5.70. The van der Waals surface area contributed by atoms with Crippen molar-refractivity contribution in [2.45, 2.75) is 43.2 Å². The fourth-order valence-corrected chi connectivity index (χ4v) is 4.35. The summed E-state index contributed by atoms with van der Waals surface area (Å²) in [5, 5.41) is 2.92. The van der Waals surface area contributed by atoms with Gasteiger partial charge in [0, 0.05) is 19.2 Å². The summed E-state index contributed by atoms with van der Waals surface area (Å²) in [4.78, 5) is 0.136. The lowest BCUT2D eigenvalue weighted by Gasteiger charge is -2.22. The molecule has 1 aromatic heterocycles. The van der Waals surface area contributed by atoms with Gasteiger partial charge in [-0.25, -0.2) is 13.1 Å². The predicted octanol–water partition coefficient (Wildman–Crippen LogP) is 2.00. The molecule has 1 atom stereocenters. The van der Waals surface area contributed by atoms with Gasteiger partial charge in [-0.15, -0.1) is 0 Å². The standard InChI is InChI=1S/C13H21BrN2O4S/c1-15-9-11-8-12(13(14)20-11)21(17,18)16-6-5-10-4-2-3-7-19-10/h8,10,15-16H,2-7,9H2,1H3. The highest BCUT2D eigenvalue weighted by atomic mass is 79.9. The highest BCUT2D eigenvalue weighted by Gasteiger charge is 2.23. The van der Waals surface area contributed by atoms with Gasteiger partial charge in [-0.1, -0.05) is 0 Å². The number of hydrogen-bond acceptors (Lipinski definition) is 5. The summed E-state index contributed by atoms with van der Waals surface area (Å²) in [6.07, 6.45) is 4.10. The average Bonchev–Trinajstić information content (AvgIpc) is 2.82. The van der Waals surface area contributed by atoms with E-state index in [4.69, 9.17) is 9.15 Å². The summed E-state index contributed by atoms with van der Waals surface area (Å²) >= 11 is 3.15. The van der Waals surface area contributed by atoms with E-state index in [9.17, 15) is 8.42 Å². The molecule has 0 spiro atoms. The van der Waals surface area contributed by atoms with E-state index in [0.29, 0.717) is 25.3 Å². The molecule has 0 bridgehead atoms. The lowest BCUT2D eigenvalue weighted by Crippen LogP contribution is -2.29. The molecule has 1 aliphatic rings.